The van der Waals surface area contributed by atoms with Gasteiger partial charge >= 0.3 is 0 Å². The van der Waals surface area contributed by atoms with E-state index in [1.807, 2.05) is 6.92 Å². The number of ether oxygens (including phenoxy) is 1. The van der Waals surface area contributed by atoms with Crippen molar-refractivity contribution in [3.63, 3.8) is 0 Å². The van der Waals surface area contributed by atoms with Gasteiger partial charge in [0.15, 0.2) is 5.16 Å². The summed E-state index contributed by atoms with van der Waals surface area (Å²) in [5.74, 6) is 0.0384. The van der Waals surface area contributed by atoms with E-state index in [9.17, 15) is 9.59 Å². The number of carbonyl (C=O) groups is 1. The highest BCUT2D eigenvalue weighted by atomic mass is 32.2. The summed E-state index contributed by atoms with van der Waals surface area (Å²) in [6.45, 7) is 7.31. The number of thiophene rings is 1. The molecule has 1 saturated heterocycles. The quantitative estimate of drug-likeness (QED) is 0.351. The fourth-order valence-electron chi connectivity index (χ4n) is 4.85. The first-order chi connectivity index (χ1) is 15.5. The molecule has 2 aromatic rings. The van der Waals surface area contributed by atoms with Crippen molar-refractivity contribution in [2.24, 2.45) is 0 Å². The Hall–Kier alpha value is -1.38. The van der Waals surface area contributed by atoms with Crippen molar-refractivity contribution in [1.29, 1.82) is 0 Å². The third-order valence-electron chi connectivity index (χ3n) is 6.69. The second kappa shape index (κ2) is 10.7. The van der Waals surface area contributed by atoms with Gasteiger partial charge in [-0.25, -0.2) is 4.98 Å². The topological polar surface area (TPSA) is 73.2 Å². The minimum Gasteiger partial charge on any atom is -0.376 e. The van der Waals surface area contributed by atoms with Crippen LogP contribution in [0.15, 0.2) is 9.95 Å². The monoisotopic (exact) mass is 477 g/mol. The van der Waals surface area contributed by atoms with Crippen LogP contribution in [0, 0.1) is 6.92 Å². The van der Waals surface area contributed by atoms with Gasteiger partial charge < -0.3 is 10.1 Å². The summed E-state index contributed by atoms with van der Waals surface area (Å²) in [7, 11) is 0. The van der Waals surface area contributed by atoms with Crippen LogP contribution in [0.5, 0.6) is 0 Å². The molecule has 8 heteroatoms. The molecule has 2 atom stereocenters. The number of aromatic nitrogens is 2. The molecule has 1 saturated carbocycles. The van der Waals surface area contributed by atoms with Crippen LogP contribution < -0.4 is 10.9 Å². The zero-order valence-corrected chi connectivity index (χ0v) is 21.1. The van der Waals surface area contributed by atoms with E-state index in [-0.39, 0.29) is 28.9 Å². The van der Waals surface area contributed by atoms with Crippen LogP contribution in [0.1, 0.15) is 75.7 Å². The number of aryl methyl sites for hydroxylation is 2. The minimum atomic E-state index is -0.315. The molecule has 2 aromatic heterocycles. The van der Waals surface area contributed by atoms with Crippen molar-refractivity contribution < 1.29 is 9.53 Å². The minimum absolute atomic E-state index is 0.00516. The Bertz CT molecular complexity index is 1000. The maximum absolute atomic E-state index is 13.6. The first kappa shape index (κ1) is 23.8. The Morgan fingerprint density at radius 1 is 1.25 bits per heavy atom. The van der Waals surface area contributed by atoms with Gasteiger partial charge in [0.2, 0.25) is 5.91 Å². The number of thioether (sulfide) groups is 1. The molecule has 1 aliphatic heterocycles. The van der Waals surface area contributed by atoms with Gasteiger partial charge in [0, 0.05) is 17.5 Å². The lowest BCUT2D eigenvalue weighted by molar-refractivity contribution is -0.121. The number of nitrogens with zero attached hydrogens (tertiary/aromatic N) is 2. The van der Waals surface area contributed by atoms with Crippen molar-refractivity contribution in [3.8, 4) is 0 Å². The molecule has 0 radical (unpaired) electrons. The summed E-state index contributed by atoms with van der Waals surface area (Å²) in [6.07, 6.45) is 9.83. The second-order valence-electron chi connectivity index (χ2n) is 9.07. The zero-order valence-electron chi connectivity index (χ0n) is 19.4. The van der Waals surface area contributed by atoms with Gasteiger partial charge in [0.05, 0.1) is 23.3 Å². The van der Waals surface area contributed by atoms with Crippen LogP contribution in [0.4, 0.5) is 0 Å². The lowest BCUT2D eigenvalue weighted by Crippen LogP contribution is -2.39. The van der Waals surface area contributed by atoms with Crippen LogP contribution in [-0.4, -0.2) is 39.5 Å². The summed E-state index contributed by atoms with van der Waals surface area (Å²) in [4.78, 5) is 33.4. The van der Waals surface area contributed by atoms with Gasteiger partial charge in [-0.1, -0.05) is 44.4 Å². The number of nitrogens with one attached hydrogen (secondary N) is 1. The number of carbonyl (C=O) groups excluding carboxylic acids is 1. The first-order valence-electron chi connectivity index (χ1n) is 12.1. The molecule has 0 bridgehead atoms. The molecule has 1 amide bonds. The Kier molecular flexibility index (Phi) is 7.95. The molecule has 3 heterocycles. The summed E-state index contributed by atoms with van der Waals surface area (Å²) in [5, 5.41) is 4.31. The summed E-state index contributed by atoms with van der Waals surface area (Å²) in [5.41, 5.74) is 1.10. The maximum Gasteiger partial charge on any atom is 0.263 e. The van der Waals surface area contributed by atoms with Crippen LogP contribution in [0.3, 0.4) is 0 Å². The molecule has 2 fully saturated rings. The Labute approximate surface area is 198 Å². The van der Waals surface area contributed by atoms with E-state index in [0.29, 0.717) is 11.7 Å². The Balaban J connectivity index is 1.60. The second-order valence-corrected chi connectivity index (χ2v) is 11.6. The van der Waals surface area contributed by atoms with Gasteiger partial charge in [-0.3, -0.25) is 14.2 Å². The Morgan fingerprint density at radius 2 is 2.00 bits per heavy atom. The highest BCUT2D eigenvalue weighted by Gasteiger charge is 2.26. The molecule has 2 aliphatic rings. The van der Waals surface area contributed by atoms with E-state index >= 15 is 0 Å². The van der Waals surface area contributed by atoms with Crippen LogP contribution in [0.25, 0.3) is 10.2 Å². The molecule has 32 heavy (non-hydrogen) atoms. The molecular formula is C24H35N3O3S2. The van der Waals surface area contributed by atoms with E-state index in [1.54, 1.807) is 15.9 Å². The SMILES string of the molecule is CCc1c(C)sc2nc(SC(C)C(=O)NC3CCCCCC3)n(CC3CCCO3)c(=O)c12. The first-order valence-corrected chi connectivity index (χ1v) is 13.8. The highest BCUT2D eigenvalue weighted by molar-refractivity contribution is 8.00. The van der Waals surface area contributed by atoms with E-state index in [2.05, 4.69) is 19.2 Å². The van der Waals surface area contributed by atoms with E-state index in [4.69, 9.17) is 9.72 Å². The van der Waals surface area contributed by atoms with Crippen molar-refractivity contribution in [1.82, 2.24) is 14.9 Å². The van der Waals surface area contributed by atoms with E-state index in [1.165, 1.54) is 37.4 Å². The smallest absolute Gasteiger partial charge is 0.263 e. The summed E-state index contributed by atoms with van der Waals surface area (Å²) < 4.78 is 7.60. The lowest BCUT2D eigenvalue weighted by Gasteiger charge is -2.21. The number of fused-ring (bicyclic) bond motifs is 1. The predicted molar refractivity (Wildman–Crippen MR) is 132 cm³/mol. The van der Waals surface area contributed by atoms with E-state index < -0.39 is 0 Å². The zero-order chi connectivity index (χ0) is 22.7. The van der Waals surface area contributed by atoms with Crippen molar-refractivity contribution >= 4 is 39.2 Å². The summed E-state index contributed by atoms with van der Waals surface area (Å²) >= 11 is 2.98. The van der Waals surface area contributed by atoms with Gasteiger partial charge in [-0.05, 0) is 51.5 Å². The molecule has 1 N–H and O–H groups in total. The summed E-state index contributed by atoms with van der Waals surface area (Å²) in [6, 6.07) is 0.268. The fraction of sp³-hybridized carbons (Fsp3) is 0.708. The molecule has 176 valence electrons. The molecule has 4 rings (SSSR count). The molecule has 0 aromatic carbocycles. The molecular weight excluding hydrogens is 442 g/mol. The maximum atomic E-state index is 13.6. The Morgan fingerprint density at radius 3 is 2.66 bits per heavy atom. The van der Waals surface area contributed by atoms with Gasteiger partial charge in [-0.2, -0.15) is 0 Å². The van der Waals surface area contributed by atoms with Crippen LogP contribution in [-0.2, 0) is 22.5 Å². The fourth-order valence-corrected chi connectivity index (χ4v) is 6.94. The van der Waals surface area contributed by atoms with Crippen LogP contribution in [0.2, 0.25) is 0 Å². The van der Waals surface area contributed by atoms with E-state index in [0.717, 1.165) is 59.4 Å². The number of hydrogen-bond acceptors (Lipinski definition) is 6. The van der Waals surface area contributed by atoms with Gasteiger partial charge in [-0.15, -0.1) is 11.3 Å². The van der Waals surface area contributed by atoms with Crippen LogP contribution >= 0.6 is 23.1 Å². The normalized spacial score (nSPS) is 21.0. The van der Waals surface area contributed by atoms with Crippen molar-refractivity contribution in [3.05, 3.63) is 20.8 Å². The third kappa shape index (κ3) is 5.23. The molecule has 0 spiro atoms. The number of hydrogen-bond donors (Lipinski definition) is 1. The third-order valence-corrected chi connectivity index (χ3v) is 8.83. The molecule has 2 unspecified atom stereocenters. The van der Waals surface area contributed by atoms with Crippen molar-refractivity contribution in [2.75, 3.05) is 6.61 Å². The van der Waals surface area contributed by atoms with Gasteiger partial charge in [0.25, 0.3) is 5.56 Å². The largest absolute Gasteiger partial charge is 0.376 e. The van der Waals surface area contributed by atoms with Crippen molar-refractivity contribution in [2.45, 2.75) is 108 Å². The standard InChI is InChI=1S/C24H35N3O3S2/c1-4-19-15(2)31-22-20(19)23(29)27(14-18-12-9-13-30-18)24(26-22)32-16(3)21(28)25-17-10-7-5-6-8-11-17/h16-18H,4-14H2,1-3H3,(H,25,28). The van der Waals surface area contributed by atoms with Gasteiger partial charge in [0.1, 0.15) is 4.83 Å². The molecule has 1 aliphatic carbocycles. The number of rotatable bonds is 7. The highest BCUT2D eigenvalue weighted by Crippen LogP contribution is 2.31. The molecule has 6 nitrogen and oxygen atoms in total. The lowest BCUT2D eigenvalue weighted by atomic mass is 10.1. The predicted octanol–water partition coefficient (Wildman–Crippen LogP) is 4.83. The number of amides is 1. The average Bonchev–Trinajstić information content (AvgIpc) is 3.31. The average molecular weight is 478 g/mol.